The molecule has 0 saturated carbocycles. The quantitative estimate of drug-likeness (QED) is 0.216. The Kier molecular flexibility index (Phi) is 12.4. The second-order valence-electron chi connectivity index (χ2n) is 5.50. The first-order valence-corrected chi connectivity index (χ1v) is 10.2. The van der Waals surface area contributed by atoms with Gasteiger partial charge in [-0.1, -0.05) is 0 Å². The van der Waals surface area contributed by atoms with Gasteiger partial charge < -0.3 is 20.1 Å². The Hall–Kier alpha value is -1.27. The van der Waals surface area contributed by atoms with Gasteiger partial charge in [-0.15, -0.1) is 24.0 Å². The van der Waals surface area contributed by atoms with Crippen LogP contribution < -0.4 is 20.1 Å². The average Bonchev–Trinajstić information content (AvgIpc) is 2.64. The van der Waals surface area contributed by atoms with Crippen molar-refractivity contribution in [1.29, 1.82) is 0 Å². The first kappa shape index (κ1) is 25.7. The van der Waals surface area contributed by atoms with E-state index in [1.54, 1.807) is 28.1 Å². The molecule has 156 valence electrons. The third-order valence-corrected chi connectivity index (χ3v) is 5.59. The molecule has 0 aliphatic heterocycles. The Balaban J connectivity index is 0.00000676. The molecular weight excluding hydrogens is 483 g/mol. The van der Waals surface area contributed by atoms with Crippen LogP contribution in [0.3, 0.4) is 0 Å². The van der Waals surface area contributed by atoms with Crippen molar-refractivity contribution in [2.24, 2.45) is 4.99 Å². The minimum Gasteiger partial charge on any atom is -0.493 e. The number of benzene rings is 1. The summed E-state index contributed by atoms with van der Waals surface area (Å²) in [7, 11) is 1.73. The zero-order valence-corrected chi connectivity index (χ0v) is 19.8. The minimum absolute atomic E-state index is 0. The van der Waals surface area contributed by atoms with E-state index in [0.717, 1.165) is 5.69 Å². The molecular formula is C17H31IN4O4S. The molecule has 1 aromatic rings. The van der Waals surface area contributed by atoms with Crippen molar-refractivity contribution in [1.82, 2.24) is 9.62 Å². The van der Waals surface area contributed by atoms with Gasteiger partial charge in [-0.3, -0.25) is 4.99 Å². The summed E-state index contributed by atoms with van der Waals surface area (Å²) in [6, 6.07) is 5.55. The first-order chi connectivity index (χ1) is 12.4. The van der Waals surface area contributed by atoms with E-state index >= 15 is 0 Å². The third kappa shape index (κ3) is 8.52. The van der Waals surface area contributed by atoms with E-state index in [9.17, 15) is 8.42 Å². The summed E-state index contributed by atoms with van der Waals surface area (Å²) in [5.41, 5.74) is 0.809. The lowest BCUT2D eigenvalue weighted by Gasteiger charge is -2.17. The number of methoxy groups -OCH3 is 1. The minimum atomic E-state index is -3.14. The number of halogens is 1. The van der Waals surface area contributed by atoms with Gasteiger partial charge in [-0.2, -0.15) is 0 Å². The summed E-state index contributed by atoms with van der Waals surface area (Å²) in [4.78, 5) is 4.17. The summed E-state index contributed by atoms with van der Waals surface area (Å²) in [5.74, 6) is 2.03. The zero-order valence-electron chi connectivity index (χ0n) is 16.6. The van der Waals surface area contributed by atoms with Crippen LogP contribution in [0.5, 0.6) is 11.5 Å². The monoisotopic (exact) mass is 514 g/mol. The average molecular weight is 514 g/mol. The Bertz CT molecular complexity index is 698. The predicted octanol–water partition coefficient (Wildman–Crippen LogP) is 2.37. The maximum atomic E-state index is 11.7. The maximum Gasteiger partial charge on any atom is 0.213 e. The molecule has 0 aromatic heterocycles. The van der Waals surface area contributed by atoms with Crippen molar-refractivity contribution in [3.63, 3.8) is 0 Å². The highest BCUT2D eigenvalue weighted by Gasteiger charge is 2.14. The lowest BCUT2D eigenvalue weighted by molar-refractivity contribution is 0.311. The molecule has 27 heavy (non-hydrogen) atoms. The molecule has 0 saturated heterocycles. The molecule has 0 radical (unpaired) electrons. The number of aliphatic imine (C=N–C) groups is 1. The zero-order chi connectivity index (χ0) is 19.6. The van der Waals surface area contributed by atoms with Gasteiger partial charge in [0.15, 0.2) is 17.5 Å². The van der Waals surface area contributed by atoms with Crippen LogP contribution in [0.15, 0.2) is 23.2 Å². The maximum absolute atomic E-state index is 11.7. The molecule has 0 spiro atoms. The number of hydrogen-bond acceptors (Lipinski definition) is 5. The molecule has 0 fully saturated rings. The van der Waals surface area contributed by atoms with Crippen molar-refractivity contribution in [2.75, 3.05) is 52.0 Å². The van der Waals surface area contributed by atoms with E-state index in [1.807, 2.05) is 25.1 Å². The van der Waals surface area contributed by atoms with E-state index in [2.05, 4.69) is 15.6 Å². The van der Waals surface area contributed by atoms with E-state index in [1.165, 1.54) is 4.31 Å². The van der Waals surface area contributed by atoms with Gasteiger partial charge in [0.05, 0.1) is 19.5 Å². The number of guanidine groups is 1. The van der Waals surface area contributed by atoms with E-state index in [-0.39, 0.29) is 29.7 Å². The Morgan fingerprint density at radius 3 is 2.52 bits per heavy atom. The van der Waals surface area contributed by atoms with Crippen molar-refractivity contribution in [3.8, 4) is 11.5 Å². The summed E-state index contributed by atoms with van der Waals surface area (Å²) in [6.07, 6.45) is 0.670. The fourth-order valence-corrected chi connectivity index (χ4v) is 3.05. The Labute approximate surface area is 179 Å². The molecule has 1 aromatic carbocycles. The van der Waals surface area contributed by atoms with Gasteiger partial charge in [0.25, 0.3) is 0 Å². The van der Waals surface area contributed by atoms with Gasteiger partial charge in [0, 0.05) is 38.9 Å². The van der Waals surface area contributed by atoms with Crippen molar-refractivity contribution in [2.45, 2.75) is 20.3 Å². The molecule has 0 atom stereocenters. The number of sulfonamides is 1. The van der Waals surface area contributed by atoms with Crippen LogP contribution in [-0.4, -0.2) is 65.3 Å². The summed E-state index contributed by atoms with van der Waals surface area (Å²) >= 11 is 0. The standard InChI is InChI=1S/C17H30N4O4S.HI/c1-6-25-15-10-9-14(13-16(15)24-5)20-17(18-3)19-11-8-12-21(4)26(22,23)7-2;/h9-10,13H,6-8,11-12H2,1-5H3,(H2,18,19,20);1H. The van der Waals surface area contributed by atoms with Crippen LogP contribution in [-0.2, 0) is 10.0 Å². The largest absolute Gasteiger partial charge is 0.493 e. The number of hydrogen-bond donors (Lipinski definition) is 2. The molecule has 10 heteroatoms. The van der Waals surface area contributed by atoms with Gasteiger partial charge >= 0.3 is 0 Å². The van der Waals surface area contributed by atoms with Gasteiger partial charge in [-0.25, -0.2) is 12.7 Å². The highest BCUT2D eigenvalue weighted by Crippen LogP contribution is 2.30. The van der Waals surface area contributed by atoms with Crippen molar-refractivity contribution in [3.05, 3.63) is 18.2 Å². The number of nitrogens with one attached hydrogen (secondary N) is 2. The van der Waals surface area contributed by atoms with Gasteiger partial charge in [-0.05, 0) is 32.4 Å². The van der Waals surface area contributed by atoms with Crippen LogP contribution >= 0.6 is 24.0 Å². The fourth-order valence-electron chi connectivity index (χ4n) is 2.20. The first-order valence-electron chi connectivity index (χ1n) is 8.60. The molecule has 2 N–H and O–H groups in total. The molecule has 0 heterocycles. The SMILES string of the molecule is CCOc1ccc(NC(=NC)NCCCN(C)S(=O)(=O)CC)cc1OC.I. The summed E-state index contributed by atoms with van der Waals surface area (Å²) in [6.45, 7) is 5.17. The molecule has 0 unspecified atom stereocenters. The van der Waals surface area contributed by atoms with E-state index < -0.39 is 10.0 Å². The number of anilines is 1. The smallest absolute Gasteiger partial charge is 0.213 e. The summed E-state index contributed by atoms with van der Waals surface area (Å²) in [5, 5.41) is 6.34. The lowest BCUT2D eigenvalue weighted by atomic mass is 10.2. The number of ether oxygens (including phenoxy) is 2. The molecule has 1 rings (SSSR count). The van der Waals surface area contributed by atoms with Gasteiger partial charge in [0.2, 0.25) is 10.0 Å². The molecule has 8 nitrogen and oxygen atoms in total. The number of rotatable bonds is 10. The van der Waals surface area contributed by atoms with Crippen LogP contribution in [0.1, 0.15) is 20.3 Å². The van der Waals surface area contributed by atoms with Crippen LogP contribution in [0, 0.1) is 0 Å². The van der Waals surface area contributed by atoms with Gasteiger partial charge in [0.1, 0.15) is 0 Å². The lowest BCUT2D eigenvalue weighted by Crippen LogP contribution is -2.34. The topological polar surface area (TPSA) is 92.3 Å². The molecule has 0 aliphatic rings. The fraction of sp³-hybridized carbons (Fsp3) is 0.588. The highest BCUT2D eigenvalue weighted by atomic mass is 127. The molecule has 0 amide bonds. The van der Waals surface area contributed by atoms with Crippen molar-refractivity contribution < 1.29 is 17.9 Å². The second kappa shape index (κ2) is 13.0. The molecule has 0 aliphatic carbocycles. The van der Waals surface area contributed by atoms with Crippen LogP contribution in [0.2, 0.25) is 0 Å². The normalized spacial score (nSPS) is 11.7. The van der Waals surface area contributed by atoms with E-state index in [0.29, 0.717) is 43.6 Å². The Morgan fingerprint density at radius 2 is 1.96 bits per heavy atom. The number of nitrogens with zero attached hydrogens (tertiary/aromatic N) is 2. The van der Waals surface area contributed by atoms with Crippen LogP contribution in [0.4, 0.5) is 5.69 Å². The predicted molar refractivity (Wildman–Crippen MR) is 121 cm³/mol. The van der Waals surface area contributed by atoms with Crippen molar-refractivity contribution >= 4 is 45.6 Å². The molecule has 0 bridgehead atoms. The van der Waals surface area contributed by atoms with Crippen LogP contribution in [0.25, 0.3) is 0 Å². The summed E-state index contributed by atoms with van der Waals surface area (Å²) < 4.78 is 35.6. The van der Waals surface area contributed by atoms with E-state index in [4.69, 9.17) is 9.47 Å². The Morgan fingerprint density at radius 1 is 1.26 bits per heavy atom. The third-order valence-electron chi connectivity index (χ3n) is 3.73. The highest BCUT2D eigenvalue weighted by molar-refractivity contribution is 14.0. The second-order valence-corrected chi connectivity index (χ2v) is 7.86.